The first-order chi connectivity index (χ1) is 30.3. The van der Waals surface area contributed by atoms with Crippen molar-refractivity contribution >= 4 is 71.6 Å². The molecule has 3 nitrogen and oxygen atoms in total. The van der Waals surface area contributed by atoms with Gasteiger partial charge in [-0.1, -0.05) is 158 Å². The second-order valence-corrected chi connectivity index (χ2v) is 15.7. The van der Waals surface area contributed by atoms with Crippen molar-refractivity contribution in [3.63, 3.8) is 0 Å². The van der Waals surface area contributed by atoms with E-state index in [0.29, 0.717) is 0 Å². The predicted molar refractivity (Wildman–Crippen MR) is 257 cm³/mol. The van der Waals surface area contributed by atoms with Gasteiger partial charge in [0.1, 0.15) is 11.2 Å². The van der Waals surface area contributed by atoms with Crippen LogP contribution in [0.25, 0.3) is 93.6 Å². The molecular weight excluding hydrogens is 741 g/mol. The first-order valence-electron chi connectivity index (χ1n) is 20.8. The summed E-state index contributed by atoms with van der Waals surface area (Å²) in [6, 6.07) is 82.8. The van der Waals surface area contributed by atoms with Gasteiger partial charge in [-0.2, -0.15) is 0 Å². The standard InChI is InChI=1S/C58H38N2O/c1-4-15-40(16-5-1)47-35-31-41-27-28-43(37-50(41)57(47)42-17-6-2-7-18-42)39-29-32-45(33-30-39)59(44-19-8-3-9-20-44)46-34-36-55-51(38-46)58-54(25-14-26-56(58)61-55)60-52-23-12-10-21-48(52)49-22-11-13-24-53(49)60/h1-38H. The van der Waals surface area contributed by atoms with Gasteiger partial charge in [-0.3, -0.25) is 0 Å². The Morgan fingerprint density at radius 2 is 0.934 bits per heavy atom. The summed E-state index contributed by atoms with van der Waals surface area (Å²) >= 11 is 0. The Kier molecular flexibility index (Phi) is 8.17. The van der Waals surface area contributed by atoms with Crippen LogP contribution in [0.4, 0.5) is 17.1 Å². The third-order valence-electron chi connectivity index (χ3n) is 12.2. The van der Waals surface area contributed by atoms with Gasteiger partial charge >= 0.3 is 0 Å². The highest BCUT2D eigenvalue weighted by Crippen LogP contribution is 2.44. The lowest BCUT2D eigenvalue weighted by Crippen LogP contribution is -2.09. The van der Waals surface area contributed by atoms with Crippen LogP contribution in [0.5, 0.6) is 0 Å². The summed E-state index contributed by atoms with van der Waals surface area (Å²) in [7, 11) is 0. The topological polar surface area (TPSA) is 21.3 Å². The molecule has 286 valence electrons. The minimum atomic E-state index is 0.858. The van der Waals surface area contributed by atoms with Gasteiger partial charge in [-0.25, -0.2) is 0 Å². The van der Waals surface area contributed by atoms with Crippen LogP contribution in [-0.2, 0) is 0 Å². The van der Waals surface area contributed by atoms with Gasteiger partial charge in [-0.05, 0) is 117 Å². The van der Waals surface area contributed by atoms with Crippen LogP contribution in [-0.4, -0.2) is 4.57 Å². The molecule has 0 saturated carbocycles. The summed E-state index contributed by atoms with van der Waals surface area (Å²) < 4.78 is 8.98. The molecule has 3 heteroatoms. The summed E-state index contributed by atoms with van der Waals surface area (Å²) in [5, 5.41) is 7.09. The number of anilines is 3. The highest BCUT2D eigenvalue weighted by Gasteiger charge is 2.20. The molecule has 0 N–H and O–H groups in total. The Labute approximate surface area is 353 Å². The number of para-hydroxylation sites is 3. The minimum Gasteiger partial charge on any atom is -0.456 e. The highest BCUT2D eigenvalue weighted by atomic mass is 16.3. The van der Waals surface area contributed by atoms with E-state index in [1.54, 1.807) is 0 Å². The maximum Gasteiger partial charge on any atom is 0.137 e. The molecular formula is C58H38N2O. The van der Waals surface area contributed by atoms with Crippen LogP contribution < -0.4 is 4.90 Å². The molecule has 61 heavy (non-hydrogen) atoms. The molecule has 0 bridgehead atoms. The average Bonchev–Trinajstić information content (AvgIpc) is 3.88. The van der Waals surface area contributed by atoms with Crippen LogP contribution in [0.3, 0.4) is 0 Å². The van der Waals surface area contributed by atoms with E-state index in [4.69, 9.17) is 4.42 Å². The van der Waals surface area contributed by atoms with Gasteiger partial charge in [0, 0.05) is 33.2 Å². The summed E-state index contributed by atoms with van der Waals surface area (Å²) in [5.41, 5.74) is 15.6. The maximum atomic E-state index is 6.59. The monoisotopic (exact) mass is 778 g/mol. The molecule has 2 heterocycles. The van der Waals surface area contributed by atoms with Gasteiger partial charge in [-0.15, -0.1) is 0 Å². The van der Waals surface area contributed by atoms with Crippen molar-refractivity contribution in [2.75, 3.05) is 4.90 Å². The predicted octanol–water partition coefficient (Wildman–Crippen LogP) is 16.3. The average molecular weight is 779 g/mol. The Morgan fingerprint density at radius 1 is 0.344 bits per heavy atom. The van der Waals surface area contributed by atoms with Crippen molar-refractivity contribution in [1.29, 1.82) is 0 Å². The van der Waals surface area contributed by atoms with E-state index in [-0.39, 0.29) is 0 Å². The Hall–Kier alpha value is -8.14. The van der Waals surface area contributed by atoms with Crippen molar-refractivity contribution in [2.45, 2.75) is 0 Å². The van der Waals surface area contributed by atoms with E-state index in [2.05, 4.69) is 240 Å². The van der Waals surface area contributed by atoms with Gasteiger partial charge in [0.25, 0.3) is 0 Å². The van der Waals surface area contributed by atoms with Crippen molar-refractivity contribution in [3.8, 4) is 39.1 Å². The number of aromatic nitrogens is 1. The second kappa shape index (κ2) is 14.3. The number of hydrogen-bond acceptors (Lipinski definition) is 2. The SMILES string of the molecule is c1ccc(-c2ccc3ccc(-c4ccc(N(c5ccccc5)c5ccc6oc7cccc(-n8c9ccccc9c9ccccc98)c7c6c5)cc4)cc3c2-c2ccccc2)cc1. The van der Waals surface area contributed by atoms with E-state index in [0.717, 1.165) is 50.3 Å². The van der Waals surface area contributed by atoms with Gasteiger partial charge in [0.05, 0.1) is 22.1 Å². The first-order valence-corrected chi connectivity index (χ1v) is 20.8. The fourth-order valence-electron chi connectivity index (χ4n) is 9.40. The zero-order chi connectivity index (χ0) is 40.3. The molecule has 0 saturated heterocycles. The second-order valence-electron chi connectivity index (χ2n) is 15.7. The van der Waals surface area contributed by atoms with E-state index < -0.39 is 0 Å². The van der Waals surface area contributed by atoms with Crippen molar-refractivity contribution in [3.05, 3.63) is 231 Å². The fourth-order valence-corrected chi connectivity index (χ4v) is 9.40. The van der Waals surface area contributed by atoms with E-state index in [1.165, 1.54) is 60.4 Å². The third kappa shape index (κ3) is 5.82. The van der Waals surface area contributed by atoms with Gasteiger partial charge in [0.15, 0.2) is 0 Å². The molecule has 0 radical (unpaired) electrons. The largest absolute Gasteiger partial charge is 0.456 e. The lowest BCUT2D eigenvalue weighted by molar-refractivity contribution is 0.669. The van der Waals surface area contributed by atoms with Crippen molar-refractivity contribution < 1.29 is 4.42 Å². The number of nitrogens with zero attached hydrogens (tertiary/aromatic N) is 2. The number of benzene rings is 10. The minimum absolute atomic E-state index is 0.858. The van der Waals surface area contributed by atoms with Crippen LogP contribution in [0.2, 0.25) is 0 Å². The Bertz CT molecular complexity index is 3510. The molecule has 12 rings (SSSR count). The normalized spacial score (nSPS) is 11.6. The van der Waals surface area contributed by atoms with Crippen LogP contribution >= 0.6 is 0 Å². The van der Waals surface area contributed by atoms with Gasteiger partial charge < -0.3 is 13.9 Å². The Morgan fingerprint density at radius 3 is 1.66 bits per heavy atom. The molecule has 10 aromatic carbocycles. The smallest absolute Gasteiger partial charge is 0.137 e. The van der Waals surface area contributed by atoms with E-state index in [9.17, 15) is 0 Å². The zero-order valence-corrected chi connectivity index (χ0v) is 33.2. The van der Waals surface area contributed by atoms with Crippen molar-refractivity contribution in [2.24, 2.45) is 0 Å². The number of hydrogen-bond donors (Lipinski definition) is 0. The molecule has 12 aromatic rings. The lowest BCUT2D eigenvalue weighted by Gasteiger charge is -2.25. The fraction of sp³-hybridized carbons (Fsp3) is 0. The lowest BCUT2D eigenvalue weighted by atomic mass is 9.88. The van der Waals surface area contributed by atoms with E-state index in [1.807, 2.05) is 0 Å². The summed E-state index contributed by atoms with van der Waals surface area (Å²) in [4.78, 5) is 2.34. The molecule has 0 fully saturated rings. The third-order valence-corrected chi connectivity index (χ3v) is 12.2. The van der Waals surface area contributed by atoms with Crippen molar-refractivity contribution in [1.82, 2.24) is 4.57 Å². The maximum absolute atomic E-state index is 6.59. The molecule has 0 aliphatic heterocycles. The van der Waals surface area contributed by atoms with E-state index >= 15 is 0 Å². The molecule has 2 aromatic heterocycles. The molecule has 0 unspecified atom stereocenters. The highest BCUT2D eigenvalue weighted by molar-refractivity contribution is 6.15. The molecule has 0 amide bonds. The Balaban J connectivity index is 0.989. The van der Waals surface area contributed by atoms with Crippen LogP contribution in [0.1, 0.15) is 0 Å². The molecule has 0 aliphatic carbocycles. The summed E-state index contributed by atoms with van der Waals surface area (Å²) in [5.74, 6) is 0. The molecule has 0 aliphatic rings. The summed E-state index contributed by atoms with van der Waals surface area (Å²) in [6.07, 6.45) is 0. The number of rotatable bonds is 7. The number of fused-ring (bicyclic) bond motifs is 7. The summed E-state index contributed by atoms with van der Waals surface area (Å²) in [6.45, 7) is 0. The first kappa shape index (κ1) is 34.9. The number of furan rings is 1. The van der Waals surface area contributed by atoms with Gasteiger partial charge in [0.2, 0.25) is 0 Å². The van der Waals surface area contributed by atoms with Crippen LogP contribution in [0, 0.1) is 0 Å². The zero-order valence-electron chi connectivity index (χ0n) is 33.2. The van der Waals surface area contributed by atoms with Crippen LogP contribution in [0.15, 0.2) is 235 Å². The molecule has 0 spiro atoms. The molecule has 0 atom stereocenters. The quantitative estimate of drug-likeness (QED) is 0.161.